The fraction of sp³-hybridized carbons (Fsp3) is 0.818. The first-order chi connectivity index (χ1) is 7.45. The first-order valence-electron chi connectivity index (χ1n) is 5.67. The van der Waals surface area contributed by atoms with Crippen molar-refractivity contribution in [3.05, 3.63) is 0 Å². The highest BCUT2D eigenvalue weighted by Crippen LogP contribution is 2.17. The van der Waals surface area contributed by atoms with Crippen LogP contribution in [0.15, 0.2) is 0 Å². The lowest BCUT2D eigenvalue weighted by molar-refractivity contribution is -0.145. The zero-order valence-electron chi connectivity index (χ0n) is 10.1. The number of piperazine rings is 1. The van der Waals surface area contributed by atoms with Crippen LogP contribution in [-0.4, -0.2) is 59.0 Å². The minimum Gasteiger partial charge on any atom is -0.481 e. The van der Waals surface area contributed by atoms with Gasteiger partial charge in [-0.05, 0) is 13.3 Å². The maximum atomic E-state index is 11.6. The Kier molecular flexibility index (Phi) is 4.29. The molecule has 2 atom stereocenters. The van der Waals surface area contributed by atoms with Gasteiger partial charge in [0.2, 0.25) is 5.91 Å². The van der Waals surface area contributed by atoms with Crippen LogP contribution in [0.25, 0.3) is 0 Å². The number of carbonyl (C=O) groups is 2. The number of hydrogen-bond donors (Lipinski definition) is 1. The molecule has 16 heavy (non-hydrogen) atoms. The van der Waals surface area contributed by atoms with E-state index in [1.807, 2.05) is 18.7 Å². The number of nitrogens with zero attached hydrogens (tertiary/aromatic N) is 2. The molecule has 5 heteroatoms. The van der Waals surface area contributed by atoms with Gasteiger partial charge in [0.05, 0.1) is 13.0 Å². The lowest BCUT2D eigenvalue weighted by Gasteiger charge is -2.42. The Labute approximate surface area is 96.0 Å². The number of aliphatic carboxylic acids is 1. The number of rotatable bonds is 4. The summed E-state index contributed by atoms with van der Waals surface area (Å²) in [6.07, 6.45) is 1.02. The maximum Gasteiger partial charge on any atom is 0.305 e. The van der Waals surface area contributed by atoms with Gasteiger partial charge in [0, 0.05) is 25.7 Å². The molecule has 1 rings (SSSR count). The predicted octanol–water partition coefficient (Wildman–Crippen LogP) is 0.402. The highest BCUT2D eigenvalue weighted by molar-refractivity contribution is 5.79. The summed E-state index contributed by atoms with van der Waals surface area (Å²) in [5, 5.41) is 8.86. The molecular weight excluding hydrogens is 208 g/mol. The van der Waals surface area contributed by atoms with Gasteiger partial charge in [0.15, 0.2) is 0 Å². The third kappa shape index (κ3) is 2.95. The molecule has 0 saturated carbocycles. The molecule has 92 valence electrons. The molecule has 0 aromatic carbocycles. The van der Waals surface area contributed by atoms with Crippen molar-refractivity contribution in [1.29, 1.82) is 0 Å². The molecule has 0 spiro atoms. The van der Waals surface area contributed by atoms with E-state index in [2.05, 4.69) is 0 Å². The summed E-state index contributed by atoms with van der Waals surface area (Å²) < 4.78 is 0. The van der Waals surface area contributed by atoms with Crippen molar-refractivity contribution in [2.45, 2.75) is 38.8 Å². The second-order valence-corrected chi connectivity index (χ2v) is 4.46. The molecule has 1 N–H and O–H groups in total. The second kappa shape index (κ2) is 5.30. The minimum atomic E-state index is -0.805. The summed E-state index contributed by atoms with van der Waals surface area (Å²) >= 11 is 0. The van der Waals surface area contributed by atoms with Crippen molar-refractivity contribution in [2.75, 3.05) is 20.1 Å². The van der Waals surface area contributed by atoms with E-state index in [0.29, 0.717) is 13.1 Å². The van der Waals surface area contributed by atoms with Crippen molar-refractivity contribution >= 4 is 11.9 Å². The van der Waals surface area contributed by atoms with Crippen molar-refractivity contribution in [3.8, 4) is 0 Å². The number of carboxylic acid groups (broad SMARTS) is 1. The minimum absolute atomic E-state index is 0.0600. The van der Waals surface area contributed by atoms with E-state index in [0.717, 1.165) is 6.42 Å². The molecule has 0 aromatic rings. The Bertz CT molecular complexity index is 280. The molecule has 1 saturated heterocycles. The molecule has 1 aliphatic rings. The average molecular weight is 228 g/mol. The molecular formula is C11H20N2O3. The fourth-order valence-electron chi connectivity index (χ4n) is 2.06. The zero-order chi connectivity index (χ0) is 12.3. The molecule has 2 unspecified atom stereocenters. The molecule has 1 amide bonds. The summed E-state index contributed by atoms with van der Waals surface area (Å²) in [6, 6.07) is 0.192. The Balaban J connectivity index is 2.74. The monoisotopic (exact) mass is 228 g/mol. The molecule has 0 bridgehead atoms. The van der Waals surface area contributed by atoms with Crippen molar-refractivity contribution in [1.82, 2.24) is 9.80 Å². The Morgan fingerprint density at radius 1 is 1.62 bits per heavy atom. The van der Waals surface area contributed by atoms with Gasteiger partial charge in [-0.15, -0.1) is 0 Å². The largest absolute Gasteiger partial charge is 0.481 e. The lowest BCUT2D eigenvalue weighted by Crippen LogP contribution is -2.57. The van der Waals surface area contributed by atoms with E-state index in [1.54, 1.807) is 11.9 Å². The number of carbonyl (C=O) groups excluding carboxylic acids is 1. The van der Waals surface area contributed by atoms with Crippen LogP contribution >= 0.6 is 0 Å². The van der Waals surface area contributed by atoms with E-state index in [4.69, 9.17) is 5.11 Å². The normalized spacial score (nSPS) is 24.6. The van der Waals surface area contributed by atoms with Gasteiger partial charge in [-0.2, -0.15) is 0 Å². The van der Waals surface area contributed by atoms with Crippen LogP contribution in [0.1, 0.15) is 26.7 Å². The summed E-state index contributed by atoms with van der Waals surface area (Å²) in [5.41, 5.74) is 0. The molecule has 0 aromatic heterocycles. The van der Waals surface area contributed by atoms with Gasteiger partial charge >= 0.3 is 5.97 Å². The zero-order valence-corrected chi connectivity index (χ0v) is 10.1. The summed E-state index contributed by atoms with van der Waals surface area (Å²) in [7, 11) is 1.73. The molecule has 5 nitrogen and oxygen atoms in total. The van der Waals surface area contributed by atoms with Gasteiger partial charge in [0.1, 0.15) is 0 Å². The third-order valence-corrected chi connectivity index (χ3v) is 3.26. The SMILES string of the molecule is CCC(C)N1CC(=O)N(C)CC1CC(=O)O. The quantitative estimate of drug-likeness (QED) is 0.756. The van der Waals surface area contributed by atoms with E-state index >= 15 is 0 Å². The number of amides is 1. The van der Waals surface area contributed by atoms with Crippen LogP contribution in [-0.2, 0) is 9.59 Å². The second-order valence-electron chi connectivity index (χ2n) is 4.46. The van der Waals surface area contributed by atoms with Crippen LogP contribution < -0.4 is 0 Å². The Hall–Kier alpha value is -1.10. The summed E-state index contributed by atoms with van der Waals surface area (Å²) in [6.45, 7) is 4.93. The van der Waals surface area contributed by atoms with E-state index < -0.39 is 5.97 Å². The fourth-order valence-corrected chi connectivity index (χ4v) is 2.06. The van der Waals surface area contributed by atoms with E-state index in [9.17, 15) is 9.59 Å². The predicted molar refractivity (Wildman–Crippen MR) is 60.1 cm³/mol. The van der Waals surface area contributed by atoms with Gasteiger partial charge in [-0.3, -0.25) is 14.5 Å². The van der Waals surface area contributed by atoms with Crippen molar-refractivity contribution < 1.29 is 14.7 Å². The van der Waals surface area contributed by atoms with Crippen LogP contribution in [0.2, 0.25) is 0 Å². The van der Waals surface area contributed by atoms with E-state index in [-0.39, 0.29) is 24.4 Å². The molecule has 1 fully saturated rings. The summed E-state index contributed by atoms with van der Waals surface area (Å²) in [4.78, 5) is 26.0. The van der Waals surface area contributed by atoms with Crippen molar-refractivity contribution in [2.24, 2.45) is 0 Å². The van der Waals surface area contributed by atoms with Gasteiger partial charge in [-0.25, -0.2) is 0 Å². The Morgan fingerprint density at radius 3 is 2.75 bits per heavy atom. The van der Waals surface area contributed by atoms with Gasteiger partial charge in [0.25, 0.3) is 0 Å². The number of carboxylic acids is 1. The third-order valence-electron chi connectivity index (χ3n) is 3.26. The molecule has 0 aliphatic carbocycles. The first-order valence-corrected chi connectivity index (χ1v) is 5.67. The standard InChI is InChI=1S/C11H20N2O3/c1-4-8(2)13-7-10(14)12(3)6-9(13)5-11(15)16/h8-9H,4-7H2,1-3H3,(H,15,16). The number of likely N-dealkylation sites (N-methyl/N-ethyl adjacent to an activating group) is 1. The van der Waals surface area contributed by atoms with Crippen LogP contribution in [0.4, 0.5) is 0 Å². The van der Waals surface area contributed by atoms with Crippen molar-refractivity contribution in [3.63, 3.8) is 0 Å². The van der Waals surface area contributed by atoms with Crippen LogP contribution in [0.3, 0.4) is 0 Å². The molecule has 0 radical (unpaired) electrons. The average Bonchev–Trinajstić information content (AvgIpc) is 2.21. The van der Waals surface area contributed by atoms with Gasteiger partial charge < -0.3 is 10.0 Å². The maximum absolute atomic E-state index is 11.6. The van der Waals surface area contributed by atoms with E-state index in [1.165, 1.54) is 0 Å². The highest BCUT2D eigenvalue weighted by atomic mass is 16.4. The molecule has 1 aliphatic heterocycles. The number of hydrogen-bond acceptors (Lipinski definition) is 3. The van der Waals surface area contributed by atoms with Crippen LogP contribution in [0.5, 0.6) is 0 Å². The molecule has 1 heterocycles. The first kappa shape index (κ1) is 13.0. The van der Waals surface area contributed by atoms with Gasteiger partial charge in [-0.1, -0.05) is 6.92 Å². The highest BCUT2D eigenvalue weighted by Gasteiger charge is 2.33. The summed E-state index contributed by atoms with van der Waals surface area (Å²) in [5.74, 6) is -0.733. The lowest BCUT2D eigenvalue weighted by atomic mass is 10.0. The smallest absolute Gasteiger partial charge is 0.305 e. The topological polar surface area (TPSA) is 60.9 Å². The van der Waals surface area contributed by atoms with Crippen LogP contribution in [0, 0.1) is 0 Å². The Morgan fingerprint density at radius 2 is 2.25 bits per heavy atom.